The first-order valence-electron chi connectivity index (χ1n) is 5.55. The molecule has 2 aromatic rings. The van der Waals surface area contributed by atoms with Crippen molar-refractivity contribution in [1.29, 1.82) is 0 Å². The van der Waals surface area contributed by atoms with Crippen molar-refractivity contribution in [3.63, 3.8) is 0 Å². The molecule has 0 unspecified atom stereocenters. The standard InChI is InChI=1S/C16H14Si/c1-3-13-9-5-7-11-15(13)17-16-12-8-6-10-14(16)4-2/h3-12H,1-2H2. The van der Waals surface area contributed by atoms with Gasteiger partial charge in [0.2, 0.25) is 0 Å². The van der Waals surface area contributed by atoms with Crippen molar-refractivity contribution in [2.45, 2.75) is 0 Å². The maximum Gasteiger partial charge on any atom is 0.123 e. The zero-order valence-corrected chi connectivity index (χ0v) is 10.7. The predicted octanol–water partition coefficient (Wildman–Crippen LogP) is 2.63. The Labute approximate surface area is 105 Å². The summed E-state index contributed by atoms with van der Waals surface area (Å²) in [5.74, 6) is 0. The van der Waals surface area contributed by atoms with E-state index in [1.54, 1.807) is 0 Å². The van der Waals surface area contributed by atoms with Gasteiger partial charge in [-0.3, -0.25) is 0 Å². The molecular weight excluding hydrogens is 220 g/mol. The second-order valence-corrected chi connectivity index (χ2v) is 5.04. The van der Waals surface area contributed by atoms with E-state index in [9.17, 15) is 0 Å². The van der Waals surface area contributed by atoms with Gasteiger partial charge in [0.15, 0.2) is 0 Å². The van der Waals surface area contributed by atoms with Gasteiger partial charge in [-0.15, -0.1) is 0 Å². The van der Waals surface area contributed by atoms with Gasteiger partial charge in [0.1, 0.15) is 9.52 Å². The molecule has 0 aliphatic rings. The summed E-state index contributed by atoms with van der Waals surface area (Å²) in [4.78, 5) is 0. The van der Waals surface area contributed by atoms with Crippen molar-refractivity contribution >= 4 is 32.0 Å². The number of rotatable bonds is 4. The average Bonchev–Trinajstić information content (AvgIpc) is 2.40. The highest BCUT2D eigenvalue weighted by atomic mass is 28.2. The smallest absolute Gasteiger partial charge is 0.0985 e. The molecule has 2 aromatic carbocycles. The molecular formula is C16H14Si. The Morgan fingerprint density at radius 2 is 1.12 bits per heavy atom. The Bertz CT molecular complexity index is 491. The summed E-state index contributed by atoms with van der Waals surface area (Å²) in [5, 5.41) is 2.66. The average molecular weight is 234 g/mol. The number of hydrogen-bond acceptors (Lipinski definition) is 0. The zero-order valence-electron chi connectivity index (χ0n) is 9.69. The van der Waals surface area contributed by atoms with Crippen LogP contribution in [0.4, 0.5) is 0 Å². The van der Waals surface area contributed by atoms with E-state index < -0.39 is 0 Å². The van der Waals surface area contributed by atoms with Gasteiger partial charge in [0.05, 0.1) is 0 Å². The van der Waals surface area contributed by atoms with E-state index in [0.717, 1.165) is 0 Å². The highest BCUT2D eigenvalue weighted by Gasteiger charge is 2.04. The molecule has 82 valence electrons. The van der Waals surface area contributed by atoms with Crippen LogP contribution in [-0.4, -0.2) is 9.52 Å². The molecule has 0 fully saturated rings. The van der Waals surface area contributed by atoms with E-state index in [0.29, 0.717) is 9.52 Å². The first kappa shape index (κ1) is 11.6. The molecule has 0 atom stereocenters. The maximum atomic E-state index is 3.86. The lowest BCUT2D eigenvalue weighted by atomic mass is 10.2. The molecule has 2 radical (unpaired) electrons. The minimum absolute atomic E-state index is 0.646. The summed E-state index contributed by atoms with van der Waals surface area (Å²) in [7, 11) is 0.646. The fourth-order valence-corrected chi connectivity index (χ4v) is 3.03. The number of benzene rings is 2. The van der Waals surface area contributed by atoms with Gasteiger partial charge >= 0.3 is 0 Å². The predicted molar refractivity (Wildman–Crippen MR) is 78.1 cm³/mol. The highest BCUT2D eigenvalue weighted by Crippen LogP contribution is 2.00. The van der Waals surface area contributed by atoms with E-state index in [1.165, 1.54) is 21.5 Å². The second-order valence-electron chi connectivity index (χ2n) is 3.71. The Hall–Kier alpha value is -1.86. The number of hydrogen-bond donors (Lipinski definition) is 0. The van der Waals surface area contributed by atoms with Crippen LogP contribution in [0, 0.1) is 0 Å². The van der Waals surface area contributed by atoms with Gasteiger partial charge in [-0.05, 0) is 11.1 Å². The van der Waals surface area contributed by atoms with Crippen molar-refractivity contribution in [2.75, 3.05) is 0 Å². The summed E-state index contributed by atoms with van der Waals surface area (Å²) >= 11 is 0. The van der Waals surface area contributed by atoms with Crippen LogP contribution in [0.25, 0.3) is 12.2 Å². The quantitative estimate of drug-likeness (QED) is 0.713. The van der Waals surface area contributed by atoms with Crippen LogP contribution >= 0.6 is 0 Å². The first-order chi connectivity index (χ1) is 8.35. The molecule has 0 aliphatic heterocycles. The molecule has 0 aliphatic carbocycles. The molecule has 2 rings (SSSR count). The first-order valence-corrected chi connectivity index (χ1v) is 6.55. The van der Waals surface area contributed by atoms with E-state index in [2.05, 4.69) is 49.6 Å². The zero-order chi connectivity index (χ0) is 12.1. The largest absolute Gasteiger partial charge is 0.123 e. The molecule has 0 nitrogen and oxygen atoms in total. The second kappa shape index (κ2) is 5.46. The van der Waals surface area contributed by atoms with Gasteiger partial charge in [-0.2, -0.15) is 0 Å². The Kier molecular flexibility index (Phi) is 3.73. The van der Waals surface area contributed by atoms with Crippen molar-refractivity contribution in [1.82, 2.24) is 0 Å². The van der Waals surface area contributed by atoms with Gasteiger partial charge in [-0.1, -0.05) is 84.2 Å². The molecule has 0 N–H and O–H groups in total. The topological polar surface area (TPSA) is 0 Å². The fraction of sp³-hybridized carbons (Fsp3) is 0. The van der Waals surface area contributed by atoms with Crippen molar-refractivity contribution < 1.29 is 0 Å². The minimum Gasteiger partial charge on any atom is -0.0985 e. The minimum atomic E-state index is 0.646. The maximum absolute atomic E-state index is 3.86. The molecule has 0 bridgehead atoms. The van der Waals surface area contributed by atoms with Gasteiger partial charge in [0.25, 0.3) is 0 Å². The van der Waals surface area contributed by atoms with Crippen LogP contribution in [0.2, 0.25) is 0 Å². The molecule has 0 spiro atoms. The monoisotopic (exact) mass is 234 g/mol. The fourth-order valence-electron chi connectivity index (χ4n) is 1.72. The summed E-state index contributed by atoms with van der Waals surface area (Å²) in [6.45, 7) is 7.72. The summed E-state index contributed by atoms with van der Waals surface area (Å²) in [6.07, 6.45) is 3.83. The molecule has 0 amide bonds. The lowest BCUT2D eigenvalue weighted by Gasteiger charge is -2.07. The van der Waals surface area contributed by atoms with Crippen LogP contribution in [0.3, 0.4) is 0 Å². The lowest BCUT2D eigenvalue weighted by molar-refractivity contribution is 1.70. The highest BCUT2D eigenvalue weighted by molar-refractivity contribution is 6.68. The molecule has 0 heterocycles. The molecule has 0 aromatic heterocycles. The van der Waals surface area contributed by atoms with E-state index in [1.807, 2.05) is 24.3 Å². The molecule has 0 saturated heterocycles. The van der Waals surface area contributed by atoms with Crippen molar-refractivity contribution in [3.05, 3.63) is 72.8 Å². The van der Waals surface area contributed by atoms with E-state index in [4.69, 9.17) is 0 Å². The Balaban J connectivity index is 2.37. The third-order valence-corrected chi connectivity index (χ3v) is 4.08. The summed E-state index contributed by atoms with van der Waals surface area (Å²) in [6, 6.07) is 16.8. The third-order valence-electron chi connectivity index (χ3n) is 2.63. The van der Waals surface area contributed by atoms with E-state index >= 15 is 0 Å². The molecule has 1 heteroatoms. The van der Waals surface area contributed by atoms with Gasteiger partial charge in [-0.25, -0.2) is 0 Å². The normalized spacial score (nSPS) is 9.88. The van der Waals surface area contributed by atoms with Crippen molar-refractivity contribution in [2.24, 2.45) is 0 Å². The Morgan fingerprint density at radius 1 is 0.706 bits per heavy atom. The summed E-state index contributed by atoms with van der Waals surface area (Å²) < 4.78 is 0. The lowest BCUT2D eigenvalue weighted by Crippen LogP contribution is -2.30. The van der Waals surface area contributed by atoms with Crippen LogP contribution in [0.5, 0.6) is 0 Å². The third kappa shape index (κ3) is 2.63. The van der Waals surface area contributed by atoms with Crippen LogP contribution in [-0.2, 0) is 0 Å². The van der Waals surface area contributed by atoms with Crippen LogP contribution < -0.4 is 10.4 Å². The van der Waals surface area contributed by atoms with Gasteiger partial charge < -0.3 is 0 Å². The summed E-state index contributed by atoms with van der Waals surface area (Å²) in [5.41, 5.74) is 2.43. The van der Waals surface area contributed by atoms with Gasteiger partial charge in [0, 0.05) is 0 Å². The van der Waals surface area contributed by atoms with Crippen LogP contribution in [0.15, 0.2) is 61.7 Å². The Morgan fingerprint density at radius 3 is 1.53 bits per heavy atom. The van der Waals surface area contributed by atoms with Crippen molar-refractivity contribution in [3.8, 4) is 0 Å². The van der Waals surface area contributed by atoms with Crippen LogP contribution in [0.1, 0.15) is 11.1 Å². The molecule has 0 saturated carbocycles. The SMILES string of the molecule is C=Cc1ccccc1[Si]c1ccccc1C=C. The van der Waals surface area contributed by atoms with E-state index in [-0.39, 0.29) is 0 Å². The molecule has 17 heavy (non-hydrogen) atoms.